The summed E-state index contributed by atoms with van der Waals surface area (Å²) < 4.78 is 8.63. The second-order valence-corrected chi connectivity index (χ2v) is 1.77. The van der Waals surface area contributed by atoms with Gasteiger partial charge in [0.25, 0.3) is 0 Å². The summed E-state index contributed by atoms with van der Waals surface area (Å²) in [4.78, 5) is 0. The van der Waals surface area contributed by atoms with E-state index in [1.807, 2.05) is 0 Å². The quantitative estimate of drug-likeness (QED) is 0.380. The third kappa shape index (κ3) is 4.80. The van der Waals surface area contributed by atoms with E-state index in [9.17, 15) is 0 Å². The SMILES string of the molecule is [Ac][O][O][Ac]. The average molecular weight is 486 g/mol. The van der Waals surface area contributed by atoms with Crippen LogP contribution in [-0.2, 0) is 1.63 Å². The Bertz CT molecular complexity index is 6.00. The normalized spacial score (nSPS) is 8.00. The molecule has 0 aromatic rings. The third-order valence-corrected chi connectivity index (χ3v) is 4.72. The zero-order valence-corrected chi connectivity index (χ0v) is 11.5. The molecule has 0 fully saturated rings. The van der Waals surface area contributed by atoms with Gasteiger partial charge < -0.3 is 0 Å². The molecule has 0 saturated heterocycles. The molecular weight excluding hydrogens is 486 g/mol. The zero-order valence-electron chi connectivity index (χ0n) is 1.97. The number of hydrogen-bond acceptors (Lipinski definition) is 2. The van der Waals surface area contributed by atoms with Crippen molar-refractivity contribution in [2.24, 2.45) is 0 Å². The summed E-state index contributed by atoms with van der Waals surface area (Å²) in [5.74, 6) is 0. The van der Waals surface area contributed by atoms with Crippen molar-refractivity contribution in [3.63, 3.8) is 0 Å². The van der Waals surface area contributed by atoms with E-state index in [4.69, 9.17) is 0 Å². The predicted molar refractivity (Wildman–Crippen MR) is 2.17 cm³/mol. The molecule has 0 unspecified atom stereocenters. The standard InChI is InChI=1S/2Ac.O2/c;;1-2/q2*+1;-2. The van der Waals surface area contributed by atoms with E-state index in [-0.39, 0.29) is 0 Å². The molecule has 0 aliphatic rings. The van der Waals surface area contributed by atoms with Crippen molar-refractivity contribution in [3.05, 3.63) is 0 Å². The molecule has 0 amide bonds. The summed E-state index contributed by atoms with van der Waals surface area (Å²) in [6.07, 6.45) is 0. The monoisotopic (exact) mass is 486 g/mol. The maximum atomic E-state index is 4.31. The molecule has 0 rings (SSSR count). The van der Waals surface area contributed by atoms with Crippen LogP contribution in [0.4, 0.5) is 0 Å². The molecule has 0 spiro atoms. The van der Waals surface area contributed by atoms with Crippen LogP contribution in [0.3, 0.4) is 0 Å². The fourth-order valence-electron chi connectivity index (χ4n) is 0. The second-order valence-electron chi connectivity index (χ2n) is 0.192. The van der Waals surface area contributed by atoms with Gasteiger partial charge in [-0.2, -0.15) is 0 Å². The molecule has 0 heterocycles. The molecule has 2 nitrogen and oxygen atoms in total. The van der Waals surface area contributed by atoms with Crippen LogP contribution in [-0.4, -0.2) is 0 Å². The fraction of sp³-hybridized carbons (Fsp3) is 0. The van der Waals surface area contributed by atoms with Crippen molar-refractivity contribution < 1.29 is 86.6 Å². The van der Waals surface area contributed by atoms with Crippen LogP contribution >= 0.6 is 0 Å². The number of hydrogen-bond donors (Lipinski definition) is 0. The molecule has 4 heteroatoms. The fourth-order valence-corrected chi connectivity index (χ4v) is 0. The predicted octanol–water partition coefficient (Wildman–Crippen LogP) is -0.137. The van der Waals surface area contributed by atoms with E-state index in [2.05, 4.69) is 1.63 Å². The van der Waals surface area contributed by atoms with Gasteiger partial charge in [-0.05, 0) is 0 Å². The third-order valence-electron chi connectivity index (χ3n) is 0.0556. The van der Waals surface area contributed by atoms with Crippen molar-refractivity contribution in [2.45, 2.75) is 0 Å². The van der Waals surface area contributed by atoms with Gasteiger partial charge in [0.15, 0.2) is 0 Å². The summed E-state index contributed by atoms with van der Waals surface area (Å²) in [6.45, 7) is 0. The van der Waals surface area contributed by atoms with Crippen molar-refractivity contribution in [2.75, 3.05) is 0 Å². The van der Waals surface area contributed by atoms with Gasteiger partial charge in [0.1, 0.15) is 0 Å². The first-order valence-corrected chi connectivity index (χ1v) is 4.51. The first-order valence-electron chi connectivity index (χ1n) is 0.638. The topological polar surface area (TPSA) is 18.5 Å². The van der Waals surface area contributed by atoms with Crippen molar-refractivity contribution in [3.8, 4) is 0 Å². The summed E-state index contributed by atoms with van der Waals surface area (Å²) >= 11 is 0.861. The summed E-state index contributed by atoms with van der Waals surface area (Å²) in [5.41, 5.74) is 0. The van der Waals surface area contributed by atoms with E-state index in [0.717, 1.165) is 0 Å². The molecule has 18 valence electrons. The van der Waals surface area contributed by atoms with Crippen molar-refractivity contribution >= 4 is 0 Å². The van der Waals surface area contributed by atoms with E-state index < -0.39 is 0 Å². The molecular formula is Ac2O2. The van der Waals surface area contributed by atoms with Crippen molar-refractivity contribution in [1.82, 2.24) is 0 Å². The Balaban J connectivity index is 1.97. The summed E-state index contributed by atoms with van der Waals surface area (Å²) in [5, 5.41) is 0. The molecule has 0 atom stereocenters. The first-order chi connectivity index (χ1) is 1.91. The van der Waals surface area contributed by atoms with Gasteiger partial charge in [0, 0.05) is 0 Å². The molecule has 0 aliphatic heterocycles. The molecule has 0 saturated carbocycles. The van der Waals surface area contributed by atoms with Crippen LogP contribution in [0.15, 0.2) is 0 Å². The van der Waals surface area contributed by atoms with E-state index in [1.54, 1.807) is 0 Å². The van der Waals surface area contributed by atoms with Crippen molar-refractivity contribution in [1.29, 1.82) is 0 Å². The van der Waals surface area contributed by atoms with E-state index in [0.29, 0.717) is 85.0 Å². The second kappa shape index (κ2) is 5.80. The van der Waals surface area contributed by atoms with Gasteiger partial charge in [-0.25, -0.2) is 0 Å². The van der Waals surface area contributed by atoms with Crippen LogP contribution in [0.5, 0.6) is 0 Å². The minimum atomic E-state index is 0.431. The summed E-state index contributed by atoms with van der Waals surface area (Å²) in [7, 11) is 0. The maximum absolute atomic E-state index is 4.31. The molecule has 0 bridgehead atoms. The first kappa shape index (κ1) is 6.80. The Morgan fingerprint density at radius 3 is 1.25 bits per heavy atom. The van der Waals surface area contributed by atoms with Gasteiger partial charge in [-0.15, -0.1) is 0 Å². The average Bonchev–Trinajstić information content (AvgIpc) is 1.37. The Hall–Kier alpha value is 2.80. The number of rotatable bonds is 1. The van der Waals surface area contributed by atoms with Gasteiger partial charge >= 0.3 is 86.6 Å². The molecule has 0 aromatic carbocycles. The Kier molecular flexibility index (Phi) is 9.87. The van der Waals surface area contributed by atoms with Gasteiger partial charge in [-0.3, -0.25) is 0 Å². The van der Waals surface area contributed by atoms with Crippen LogP contribution in [0.2, 0.25) is 0 Å². The van der Waals surface area contributed by atoms with E-state index in [1.165, 1.54) is 0 Å². The van der Waals surface area contributed by atoms with Gasteiger partial charge in [0.05, 0.1) is 0 Å². The molecule has 4 heavy (non-hydrogen) atoms. The summed E-state index contributed by atoms with van der Waals surface area (Å²) in [6, 6.07) is 0. The Morgan fingerprint density at radius 1 is 1.00 bits per heavy atom. The molecule has 0 radical (unpaired) electrons. The zero-order chi connectivity index (χ0) is 3.41. The molecule has 0 aromatic heterocycles. The molecule has 0 N–H and O–H groups in total. The van der Waals surface area contributed by atoms with Crippen LogP contribution < -0.4 is 0 Å². The van der Waals surface area contributed by atoms with Crippen LogP contribution in [0, 0.1) is 85.0 Å². The minimum absolute atomic E-state index is 0.431. The van der Waals surface area contributed by atoms with Gasteiger partial charge in [-0.1, -0.05) is 0 Å². The Labute approximate surface area is 84.0 Å². The van der Waals surface area contributed by atoms with Crippen LogP contribution in [0.1, 0.15) is 0 Å². The molecule has 0 aliphatic carbocycles. The van der Waals surface area contributed by atoms with Crippen LogP contribution in [0.25, 0.3) is 0 Å². The van der Waals surface area contributed by atoms with E-state index >= 15 is 0 Å². The Morgan fingerprint density at radius 2 is 1.25 bits per heavy atom. The van der Waals surface area contributed by atoms with Gasteiger partial charge in [0.2, 0.25) is 0 Å².